The second-order valence-corrected chi connectivity index (χ2v) is 6.36. The first kappa shape index (κ1) is 15.5. The molecule has 0 aromatic heterocycles. The Morgan fingerprint density at radius 1 is 1.14 bits per heavy atom. The van der Waals surface area contributed by atoms with Crippen LogP contribution in [0.25, 0.3) is 0 Å². The van der Waals surface area contributed by atoms with E-state index in [1.807, 2.05) is 6.07 Å². The highest BCUT2D eigenvalue weighted by atomic mass is 19.4. The van der Waals surface area contributed by atoms with E-state index in [2.05, 4.69) is 4.74 Å². The van der Waals surface area contributed by atoms with E-state index in [1.165, 1.54) is 12.8 Å². The van der Waals surface area contributed by atoms with Crippen molar-refractivity contribution in [2.24, 2.45) is 5.92 Å². The molecule has 0 bridgehead atoms. The molecule has 1 aromatic carbocycles. The highest BCUT2D eigenvalue weighted by molar-refractivity contribution is 5.51. The molecule has 1 aromatic rings. The Hall–Kier alpha value is -1.39. The van der Waals surface area contributed by atoms with Crippen LogP contribution in [-0.4, -0.2) is 13.0 Å². The summed E-state index contributed by atoms with van der Waals surface area (Å²) in [6.45, 7) is 2.14. The van der Waals surface area contributed by atoms with Crippen LogP contribution in [-0.2, 0) is 0 Å². The summed E-state index contributed by atoms with van der Waals surface area (Å²) in [5, 5.41) is 0. The standard InChI is InChI=1S/C17H21F3O2/c1-11-14(13-3-2-4-13)7-8-15(16(11)22-17(18,19)20)21-10-9-12-5-6-12/h7-8,12-13H,2-6,9-10H2,1H3. The third-order valence-electron chi connectivity index (χ3n) is 4.66. The molecule has 22 heavy (non-hydrogen) atoms. The largest absolute Gasteiger partial charge is 0.573 e. The number of alkyl halides is 3. The average molecular weight is 314 g/mol. The van der Waals surface area contributed by atoms with Crippen LogP contribution in [0.4, 0.5) is 13.2 Å². The molecular weight excluding hydrogens is 293 g/mol. The predicted octanol–water partition coefficient (Wildman–Crippen LogP) is 5.34. The van der Waals surface area contributed by atoms with Gasteiger partial charge in [0.1, 0.15) is 0 Å². The first-order valence-corrected chi connectivity index (χ1v) is 7.96. The number of hydrogen-bond acceptors (Lipinski definition) is 2. The number of benzene rings is 1. The Kier molecular flexibility index (Phi) is 4.24. The van der Waals surface area contributed by atoms with Crippen molar-refractivity contribution in [1.82, 2.24) is 0 Å². The normalized spacial score (nSPS) is 18.9. The molecule has 0 heterocycles. The predicted molar refractivity (Wildman–Crippen MR) is 77.3 cm³/mol. The van der Waals surface area contributed by atoms with E-state index in [1.54, 1.807) is 13.0 Å². The van der Waals surface area contributed by atoms with Gasteiger partial charge in [0.2, 0.25) is 0 Å². The fraction of sp³-hybridized carbons (Fsp3) is 0.647. The van der Waals surface area contributed by atoms with Crippen molar-refractivity contribution in [2.45, 2.75) is 57.7 Å². The quantitative estimate of drug-likeness (QED) is 0.705. The second-order valence-electron chi connectivity index (χ2n) is 6.36. The first-order valence-electron chi connectivity index (χ1n) is 7.96. The highest BCUT2D eigenvalue weighted by Crippen LogP contribution is 2.44. The van der Waals surface area contributed by atoms with Gasteiger partial charge in [-0.1, -0.05) is 25.3 Å². The van der Waals surface area contributed by atoms with Gasteiger partial charge < -0.3 is 9.47 Å². The maximum Gasteiger partial charge on any atom is 0.573 e. The molecule has 0 radical (unpaired) electrons. The van der Waals surface area contributed by atoms with E-state index in [-0.39, 0.29) is 11.5 Å². The molecule has 0 atom stereocenters. The van der Waals surface area contributed by atoms with Gasteiger partial charge in [0.05, 0.1) is 6.61 Å². The van der Waals surface area contributed by atoms with Crippen LogP contribution in [0.2, 0.25) is 0 Å². The lowest BCUT2D eigenvalue weighted by Gasteiger charge is -2.29. The summed E-state index contributed by atoms with van der Waals surface area (Å²) in [6.07, 6.45) is 1.82. The lowest BCUT2D eigenvalue weighted by Crippen LogP contribution is -2.20. The van der Waals surface area contributed by atoms with E-state index in [0.29, 0.717) is 24.0 Å². The van der Waals surface area contributed by atoms with E-state index in [9.17, 15) is 13.2 Å². The summed E-state index contributed by atoms with van der Waals surface area (Å²) in [6, 6.07) is 3.53. The molecule has 0 N–H and O–H groups in total. The zero-order valence-electron chi connectivity index (χ0n) is 12.7. The van der Waals surface area contributed by atoms with Crippen LogP contribution >= 0.6 is 0 Å². The molecular formula is C17H21F3O2. The fourth-order valence-electron chi connectivity index (χ4n) is 2.94. The molecule has 3 rings (SSSR count). The maximum atomic E-state index is 12.7. The second kappa shape index (κ2) is 6.01. The van der Waals surface area contributed by atoms with Gasteiger partial charge in [-0.3, -0.25) is 0 Å². The van der Waals surface area contributed by atoms with Crippen molar-refractivity contribution in [2.75, 3.05) is 6.61 Å². The van der Waals surface area contributed by atoms with Gasteiger partial charge in [-0.05, 0) is 55.2 Å². The van der Waals surface area contributed by atoms with Crippen molar-refractivity contribution < 1.29 is 22.6 Å². The third-order valence-corrected chi connectivity index (χ3v) is 4.66. The molecule has 2 fully saturated rings. The third kappa shape index (κ3) is 3.68. The van der Waals surface area contributed by atoms with Crippen molar-refractivity contribution in [3.63, 3.8) is 0 Å². The SMILES string of the molecule is Cc1c(C2CCC2)ccc(OCCC2CC2)c1OC(F)(F)F. The van der Waals surface area contributed by atoms with Gasteiger partial charge in [-0.25, -0.2) is 0 Å². The number of halogens is 3. The molecule has 2 aliphatic rings. The summed E-state index contributed by atoms with van der Waals surface area (Å²) < 4.78 is 48.0. The van der Waals surface area contributed by atoms with Gasteiger partial charge in [0.15, 0.2) is 11.5 Å². The summed E-state index contributed by atoms with van der Waals surface area (Å²) in [4.78, 5) is 0. The first-order chi connectivity index (χ1) is 10.4. The van der Waals surface area contributed by atoms with Crippen molar-refractivity contribution in [3.8, 4) is 11.5 Å². The lowest BCUT2D eigenvalue weighted by molar-refractivity contribution is -0.275. The molecule has 0 saturated heterocycles. The van der Waals surface area contributed by atoms with Crippen LogP contribution in [0.3, 0.4) is 0 Å². The van der Waals surface area contributed by atoms with Gasteiger partial charge in [-0.2, -0.15) is 0 Å². The minimum atomic E-state index is -4.70. The van der Waals surface area contributed by atoms with Crippen LogP contribution in [0, 0.1) is 12.8 Å². The zero-order valence-corrected chi connectivity index (χ0v) is 12.7. The van der Waals surface area contributed by atoms with Crippen LogP contribution in [0.15, 0.2) is 12.1 Å². The van der Waals surface area contributed by atoms with Crippen LogP contribution < -0.4 is 9.47 Å². The Morgan fingerprint density at radius 2 is 1.86 bits per heavy atom. The molecule has 0 unspecified atom stereocenters. The van der Waals surface area contributed by atoms with Crippen molar-refractivity contribution in [1.29, 1.82) is 0 Å². The fourth-order valence-corrected chi connectivity index (χ4v) is 2.94. The van der Waals surface area contributed by atoms with Gasteiger partial charge >= 0.3 is 6.36 Å². The topological polar surface area (TPSA) is 18.5 Å². The molecule has 122 valence electrons. The zero-order chi connectivity index (χ0) is 15.7. The number of rotatable bonds is 6. The Balaban J connectivity index is 1.80. The van der Waals surface area contributed by atoms with E-state index < -0.39 is 6.36 Å². The van der Waals surface area contributed by atoms with Crippen LogP contribution in [0.5, 0.6) is 11.5 Å². The van der Waals surface area contributed by atoms with Gasteiger partial charge in [0, 0.05) is 0 Å². The van der Waals surface area contributed by atoms with Crippen molar-refractivity contribution in [3.05, 3.63) is 23.3 Å². The van der Waals surface area contributed by atoms with Gasteiger partial charge in [-0.15, -0.1) is 13.2 Å². The molecule has 2 aliphatic carbocycles. The maximum absolute atomic E-state index is 12.7. The molecule has 0 aliphatic heterocycles. The van der Waals surface area contributed by atoms with Crippen molar-refractivity contribution >= 4 is 0 Å². The highest BCUT2D eigenvalue weighted by Gasteiger charge is 2.35. The molecule has 2 nitrogen and oxygen atoms in total. The summed E-state index contributed by atoms with van der Waals surface area (Å²) in [7, 11) is 0. The van der Waals surface area contributed by atoms with E-state index >= 15 is 0 Å². The monoisotopic (exact) mass is 314 g/mol. The average Bonchev–Trinajstić information content (AvgIpc) is 3.17. The Morgan fingerprint density at radius 3 is 2.41 bits per heavy atom. The minimum Gasteiger partial charge on any atom is -0.490 e. The summed E-state index contributed by atoms with van der Waals surface area (Å²) in [5.74, 6) is 1.09. The van der Waals surface area contributed by atoms with Crippen LogP contribution in [0.1, 0.15) is 55.6 Å². The molecule has 0 spiro atoms. The van der Waals surface area contributed by atoms with E-state index in [0.717, 1.165) is 31.2 Å². The Bertz CT molecular complexity index is 531. The Labute approximate surface area is 128 Å². The molecule has 0 amide bonds. The minimum absolute atomic E-state index is 0.160. The van der Waals surface area contributed by atoms with E-state index in [4.69, 9.17) is 4.74 Å². The lowest BCUT2D eigenvalue weighted by atomic mass is 9.78. The summed E-state index contributed by atoms with van der Waals surface area (Å²) in [5.41, 5.74) is 1.52. The molecule has 5 heteroatoms. The molecule has 2 saturated carbocycles. The smallest absolute Gasteiger partial charge is 0.490 e. The van der Waals surface area contributed by atoms with Gasteiger partial charge in [0.25, 0.3) is 0 Å². The summed E-state index contributed by atoms with van der Waals surface area (Å²) >= 11 is 0. The number of hydrogen-bond donors (Lipinski definition) is 0. The number of ether oxygens (including phenoxy) is 2.